The first-order chi connectivity index (χ1) is 11.6. The maximum Gasteiger partial charge on any atom is 0.289 e. The van der Waals surface area contributed by atoms with E-state index in [1.165, 1.54) is 18.4 Å². The van der Waals surface area contributed by atoms with E-state index >= 15 is 0 Å². The molecule has 2 aromatic rings. The Morgan fingerprint density at radius 2 is 1.83 bits per heavy atom. The van der Waals surface area contributed by atoms with E-state index in [4.69, 9.17) is 4.42 Å². The van der Waals surface area contributed by atoms with Crippen molar-refractivity contribution in [1.82, 2.24) is 9.80 Å². The molecule has 1 aromatic heterocycles. The van der Waals surface area contributed by atoms with Gasteiger partial charge in [0.25, 0.3) is 5.91 Å². The SMILES string of the molecule is O=C(Cc1cccc(F)c1)N1CCCN(C(=O)c2ccco2)CC1. The molecule has 126 valence electrons. The Kier molecular flexibility index (Phi) is 4.93. The van der Waals surface area contributed by atoms with Gasteiger partial charge in [-0.05, 0) is 36.2 Å². The topological polar surface area (TPSA) is 53.8 Å². The minimum atomic E-state index is -0.341. The third-order valence-electron chi connectivity index (χ3n) is 4.11. The molecular weight excluding hydrogens is 311 g/mol. The summed E-state index contributed by atoms with van der Waals surface area (Å²) in [6, 6.07) is 9.40. The lowest BCUT2D eigenvalue weighted by molar-refractivity contribution is -0.130. The highest BCUT2D eigenvalue weighted by molar-refractivity contribution is 5.91. The van der Waals surface area contributed by atoms with Crippen LogP contribution in [0.3, 0.4) is 0 Å². The Labute approximate surface area is 139 Å². The van der Waals surface area contributed by atoms with E-state index in [2.05, 4.69) is 0 Å². The van der Waals surface area contributed by atoms with Gasteiger partial charge in [0, 0.05) is 26.2 Å². The Bertz CT molecular complexity index is 715. The maximum atomic E-state index is 13.2. The Morgan fingerprint density at radius 1 is 1.04 bits per heavy atom. The predicted octanol–water partition coefficient (Wildman–Crippen LogP) is 2.34. The normalized spacial score (nSPS) is 15.2. The Morgan fingerprint density at radius 3 is 2.58 bits per heavy atom. The van der Waals surface area contributed by atoms with E-state index < -0.39 is 0 Å². The van der Waals surface area contributed by atoms with Crippen molar-refractivity contribution in [1.29, 1.82) is 0 Å². The number of furan rings is 1. The average Bonchev–Trinajstić information content (AvgIpc) is 2.98. The number of amides is 2. The second-order valence-corrected chi connectivity index (χ2v) is 5.81. The van der Waals surface area contributed by atoms with Crippen LogP contribution in [-0.2, 0) is 11.2 Å². The summed E-state index contributed by atoms with van der Waals surface area (Å²) in [5, 5.41) is 0. The predicted molar refractivity (Wildman–Crippen MR) is 85.9 cm³/mol. The average molecular weight is 330 g/mol. The molecular formula is C18H19FN2O3. The van der Waals surface area contributed by atoms with Crippen LogP contribution < -0.4 is 0 Å². The monoisotopic (exact) mass is 330 g/mol. The van der Waals surface area contributed by atoms with Gasteiger partial charge < -0.3 is 14.2 Å². The fraction of sp³-hybridized carbons (Fsp3) is 0.333. The second kappa shape index (κ2) is 7.29. The minimum Gasteiger partial charge on any atom is -0.459 e. The second-order valence-electron chi connectivity index (χ2n) is 5.81. The van der Waals surface area contributed by atoms with Crippen molar-refractivity contribution in [2.24, 2.45) is 0 Å². The summed E-state index contributed by atoms with van der Waals surface area (Å²) >= 11 is 0. The number of carbonyl (C=O) groups is 2. The lowest BCUT2D eigenvalue weighted by atomic mass is 10.1. The standard InChI is InChI=1S/C18H19FN2O3/c19-15-5-1-4-14(12-15)13-17(22)20-7-3-8-21(10-9-20)18(23)16-6-2-11-24-16/h1-2,4-6,11-12H,3,7-10,13H2. The summed E-state index contributed by atoms with van der Waals surface area (Å²) in [6.07, 6.45) is 2.35. The molecule has 2 amide bonds. The molecule has 2 heterocycles. The van der Waals surface area contributed by atoms with Gasteiger partial charge in [0.2, 0.25) is 5.91 Å². The molecule has 0 radical (unpaired) electrons. The van der Waals surface area contributed by atoms with Crippen molar-refractivity contribution in [2.45, 2.75) is 12.8 Å². The summed E-state index contributed by atoms with van der Waals surface area (Å²) < 4.78 is 18.4. The van der Waals surface area contributed by atoms with Crippen molar-refractivity contribution in [2.75, 3.05) is 26.2 Å². The van der Waals surface area contributed by atoms with Gasteiger partial charge in [-0.2, -0.15) is 0 Å². The molecule has 3 rings (SSSR count). The molecule has 1 fully saturated rings. The number of halogens is 1. The molecule has 6 heteroatoms. The van der Waals surface area contributed by atoms with Crippen molar-refractivity contribution < 1.29 is 18.4 Å². The van der Waals surface area contributed by atoms with Crippen molar-refractivity contribution in [3.8, 4) is 0 Å². The van der Waals surface area contributed by atoms with Gasteiger partial charge in [0.05, 0.1) is 12.7 Å². The van der Waals surface area contributed by atoms with E-state index in [1.807, 2.05) is 0 Å². The fourth-order valence-electron chi connectivity index (χ4n) is 2.86. The number of hydrogen-bond donors (Lipinski definition) is 0. The van der Waals surface area contributed by atoms with Crippen LogP contribution >= 0.6 is 0 Å². The molecule has 1 aliphatic rings. The molecule has 0 saturated carbocycles. The summed E-state index contributed by atoms with van der Waals surface area (Å²) in [4.78, 5) is 28.2. The van der Waals surface area contributed by atoms with Crippen LogP contribution in [0.15, 0.2) is 47.1 Å². The number of benzene rings is 1. The van der Waals surface area contributed by atoms with Crippen LogP contribution in [-0.4, -0.2) is 47.8 Å². The Hall–Kier alpha value is -2.63. The summed E-state index contributed by atoms with van der Waals surface area (Å²) in [6.45, 7) is 2.12. The Balaban J connectivity index is 1.59. The highest BCUT2D eigenvalue weighted by atomic mass is 19.1. The first kappa shape index (κ1) is 16.2. The summed E-state index contributed by atoms with van der Waals surface area (Å²) in [5.41, 5.74) is 0.660. The van der Waals surface area contributed by atoms with Gasteiger partial charge in [0.1, 0.15) is 5.82 Å². The van der Waals surface area contributed by atoms with Crippen LogP contribution in [0.2, 0.25) is 0 Å². The summed E-state index contributed by atoms with van der Waals surface area (Å²) in [7, 11) is 0. The van der Waals surface area contributed by atoms with E-state index in [0.29, 0.717) is 43.9 Å². The first-order valence-corrected chi connectivity index (χ1v) is 7.98. The third-order valence-corrected chi connectivity index (χ3v) is 4.11. The molecule has 1 aliphatic heterocycles. The molecule has 5 nitrogen and oxygen atoms in total. The molecule has 0 aliphatic carbocycles. The van der Waals surface area contributed by atoms with Crippen LogP contribution in [0.5, 0.6) is 0 Å². The molecule has 0 atom stereocenters. The van der Waals surface area contributed by atoms with Crippen LogP contribution in [0, 0.1) is 5.82 Å². The first-order valence-electron chi connectivity index (χ1n) is 7.98. The molecule has 1 saturated heterocycles. The van der Waals surface area contributed by atoms with E-state index in [9.17, 15) is 14.0 Å². The summed E-state index contributed by atoms with van der Waals surface area (Å²) in [5.74, 6) is -0.228. The highest BCUT2D eigenvalue weighted by Crippen LogP contribution is 2.12. The van der Waals surface area contributed by atoms with E-state index in [-0.39, 0.29) is 24.1 Å². The van der Waals surface area contributed by atoms with Gasteiger partial charge in [-0.1, -0.05) is 12.1 Å². The lowest BCUT2D eigenvalue weighted by Crippen LogP contribution is -2.37. The highest BCUT2D eigenvalue weighted by Gasteiger charge is 2.24. The van der Waals surface area contributed by atoms with Gasteiger partial charge in [-0.3, -0.25) is 9.59 Å². The van der Waals surface area contributed by atoms with Crippen LogP contribution in [0.25, 0.3) is 0 Å². The molecule has 0 N–H and O–H groups in total. The molecule has 1 aromatic carbocycles. The fourth-order valence-corrected chi connectivity index (χ4v) is 2.86. The number of nitrogens with zero attached hydrogens (tertiary/aromatic N) is 2. The minimum absolute atomic E-state index is 0.0482. The zero-order chi connectivity index (χ0) is 16.9. The van der Waals surface area contributed by atoms with Gasteiger partial charge in [-0.25, -0.2) is 4.39 Å². The largest absolute Gasteiger partial charge is 0.459 e. The zero-order valence-corrected chi connectivity index (χ0v) is 13.3. The number of hydrogen-bond acceptors (Lipinski definition) is 3. The van der Waals surface area contributed by atoms with Crippen LogP contribution in [0.4, 0.5) is 4.39 Å². The molecule has 0 spiro atoms. The number of rotatable bonds is 3. The van der Waals surface area contributed by atoms with Crippen molar-refractivity contribution in [3.63, 3.8) is 0 Å². The van der Waals surface area contributed by atoms with Gasteiger partial charge in [0.15, 0.2) is 5.76 Å². The quantitative estimate of drug-likeness (QED) is 0.868. The molecule has 0 unspecified atom stereocenters. The molecule has 0 bridgehead atoms. The zero-order valence-electron chi connectivity index (χ0n) is 13.3. The van der Waals surface area contributed by atoms with Crippen LogP contribution in [0.1, 0.15) is 22.5 Å². The van der Waals surface area contributed by atoms with Gasteiger partial charge in [-0.15, -0.1) is 0 Å². The number of carbonyl (C=O) groups excluding carboxylic acids is 2. The molecule has 24 heavy (non-hydrogen) atoms. The van der Waals surface area contributed by atoms with E-state index in [1.54, 1.807) is 34.1 Å². The van der Waals surface area contributed by atoms with E-state index in [0.717, 1.165) is 0 Å². The smallest absolute Gasteiger partial charge is 0.289 e. The third kappa shape index (κ3) is 3.82. The van der Waals surface area contributed by atoms with Crippen molar-refractivity contribution >= 4 is 11.8 Å². The maximum absolute atomic E-state index is 13.2. The van der Waals surface area contributed by atoms with Gasteiger partial charge >= 0.3 is 0 Å². The lowest BCUT2D eigenvalue weighted by Gasteiger charge is -2.21. The van der Waals surface area contributed by atoms with Crippen molar-refractivity contribution in [3.05, 3.63) is 59.8 Å².